The molecule has 0 aliphatic carbocycles. The van der Waals surface area contributed by atoms with E-state index in [1.165, 1.54) is 0 Å². The zero-order valence-electron chi connectivity index (χ0n) is 10.2. The largest absolute Gasteiger partial charge is 0.394 e. The Hall–Kier alpha value is -0.900. The summed E-state index contributed by atoms with van der Waals surface area (Å²) in [5.41, 5.74) is 0.539. The first-order chi connectivity index (χ1) is 7.64. The Balaban J connectivity index is 3.01. The third kappa shape index (κ3) is 3.04. The molecule has 2 N–H and O–H groups in total. The molecule has 0 aliphatic heterocycles. The van der Waals surface area contributed by atoms with E-state index in [0.717, 1.165) is 5.56 Å². The molecule has 0 amide bonds. The van der Waals surface area contributed by atoms with E-state index in [9.17, 15) is 5.11 Å². The topological polar surface area (TPSA) is 41.5 Å². The molecule has 0 bridgehead atoms. The molecule has 0 fully saturated rings. The molecule has 1 aromatic rings. The fraction of sp³-hybridized carbons (Fsp3) is 0.538. The Kier molecular flexibility index (Phi) is 4.93. The molecule has 1 aromatic carbocycles. The third-order valence-corrected chi connectivity index (χ3v) is 2.55. The van der Waals surface area contributed by atoms with Gasteiger partial charge in [-0.1, -0.05) is 30.3 Å². The summed E-state index contributed by atoms with van der Waals surface area (Å²) in [6.07, 6.45) is 0. The van der Waals surface area contributed by atoms with Crippen molar-refractivity contribution in [3.05, 3.63) is 35.9 Å². The van der Waals surface area contributed by atoms with Gasteiger partial charge in [0.15, 0.2) is 0 Å². The Morgan fingerprint density at radius 3 is 2.38 bits per heavy atom. The van der Waals surface area contributed by atoms with Gasteiger partial charge in [-0.05, 0) is 19.4 Å². The van der Waals surface area contributed by atoms with Crippen LogP contribution in [0.1, 0.15) is 19.4 Å². The van der Waals surface area contributed by atoms with Gasteiger partial charge in [-0.25, -0.2) is 0 Å². The second-order valence-electron chi connectivity index (χ2n) is 4.34. The van der Waals surface area contributed by atoms with Crippen LogP contribution in [0, 0.1) is 0 Å². The van der Waals surface area contributed by atoms with Crippen molar-refractivity contribution in [3.63, 3.8) is 0 Å². The van der Waals surface area contributed by atoms with Gasteiger partial charge >= 0.3 is 0 Å². The van der Waals surface area contributed by atoms with Crippen LogP contribution in [-0.2, 0) is 10.3 Å². The third-order valence-electron chi connectivity index (χ3n) is 2.55. The summed E-state index contributed by atoms with van der Waals surface area (Å²) in [6.45, 7) is 4.58. The molecule has 16 heavy (non-hydrogen) atoms. The molecule has 90 valence electrons. The number of hydrogen-bond acceptors (Lipinski definition) is 3. The zero-order chi connectivity index (χ0) is 12.0. The van der Waals surface area contributed by atoms with Crippen LogP contribution in [0.5, 0.6) is 0 Å². The highest BCUT2D eigenvalue weighted by molar-refractivity contribution is 5.25. The average Bonchev–Trinajstić information content (AvgIpc) is 2.29. The molecular weight excluding hydrogens is 202 g/mol. The zero-order valence-corrected chi connectivity index (χ0v) is 10.2. The highest BCUT2D eigenvalue weighted by Gasteiger charge is 2.31. The summed E-state index contributed by atoms with van der Waals surface area (Å²) in [5, 5.41) is 13.1. The summed E-state index contributed by atoms with van der Waals surface area (Å²) in [4.78, 5) is 0. The van der Waals surface area contributed by atoms with Crippen molar-refractivity contribution in [2.45, 2.75) is 25.4 Å². The van der Waals surface area contributed by atoms with Crippen LogP contribution in [0.15, 0.2) is 30.3 Å². The van der Waals surface area contributed by atoms with Crippen LogP contribution in [-0.4, -0.2) is 31.5 Å². The minimum atomic E-state index is -0.510. The first-order valence-corrected chi connectivity index (χ1v) is 5.57. The minimum absolute atomic E-state index is 0.0169. The van der Waals surface area contributed by atoms with Crippen molar-refractivity contribution < 1.29 is 9.84 Å². The van der Waals surface area contributed by atoms with Gasteiger partial charge in [-0.2, -0.15) is 0 Å². The van der Waals surface area contributed by atoms with Crippen LogP contribution >= 0.6 is 0 Å². The molecule has 1 rings (SSSR count). The molecule has 0 radical (unpaired) electrons. The lowest BCUT2D eigenvalue weighted by atomic mass is 9.90. The summed E-state index contributed by atoms with van der Waals surface area (Å²) in [7, 11) is 1.65. The second kappa shape index (κ2) is 5.99. The van der Waals surface area contributed by atoms with Crippen LogP contribution in [0.4, 0.5) is 0 Å². The van der Waals surface area contributed by atoms with E-state index in [1.54, 1.807) is 7.11 Å². The fourth-order valence-corrected chi connectivity index (χ4v) is 1.95. The minimum Gasteiger partial charge on any atom is -0.394 e. The van der Waals surface area contributed by atoms with Crippen molar-refractivity contribution >= 4 is 0 Å². The molecule has 3 heteroatoms. The van der Waals surface area contributed by atoms with E-state index in [2.05, 4.69) is 19.2 Å². The SMILES string of the molecule is COCC(CO)(NC(C)C)c1ccccc1. The van der Waals surface area contributed by atoms with E-state index < -0.39 is 5.54 Å². The number of nitrogens with one attached hydrogen (secondary N) is 1. The Morgan fingerprint density at radius 1 is 1.31 bits per heavy atom. The van der Waals surface area contributed by atoms with Gasteiger partial charge in [0.2, 0.25) is 0 Å². The van der Waals surface area contributed by atoms with Gasteiger partial charge in [0, 0.05) is 13.2 Å². The molecule has 1 unspecified atom stereocenters. The molecule has 0 heterocycles. The van der Waals surface area contributed by atoms with Crippen molar-refractivity contribution in [1.82, 2.24) is 5.32 Å². The number of aliphatic hydroxyl groups excluding tert-OH is 1. The average molecular weight is 223 g/mol. The van der Waals surface area contributed by atoms with E-state index >= 15 is 0 Å². The maximum atomic E-state index is 9.67. The normalized spacial score (nSPS) is 15.1. The van der Waals surface area contributed by atoms with Crippen molar-refractivity contribution in [1.29, 1.82) is 0 Å². The van der Waals surface area contributed by atoms with Crippen LogP contribution in [0.2, 0.25) is 0 Å². The molecule has 1 atom stereocenters. The maximum absolute atomic E-state index is 9.67. The molecule has 0 aliphatic rings. The molecule has 3 nitrogen and oxygen atoms in total. The lowest BCUT2D eigenvalue weighted by Gasteiger charge is -2.35. The van der Waals surface area contributed by atoms with Gasteiger partial charge in [-0.3, -0.25) is 0 Å². The maximum Gasteiger partial charge on any atom is 0.0907 e. The van der Waals surface area contributed by atoms with E-state index in [0.29, 0.717) is 6.61 Å². The Labute approximate surface area is 97.4 Å². The predicted octanol–water partition coefficient (Wildman–Crippen LogP) is 1.52. The van der Waals surface area contributed by atoms with Crippen LogP contribution in [0.25, 0.3) is 0 Å². The summed E-state index contributed by atoms with van der Waals surface area (Å²) in [6, 6.07) is 10.2. The summed E-state index contributed by atoms with van der Waals surface area (Å²) in [5.74, 6) is 0. The summed E-state index contributed by atoms with van der Waals surface area (Å²) < 4.78 is 5.23. The van der Waals surface area contributed by atoms with Gasteiger partial charge < -0.3 is 15.2 Å². The van der Waals surface area contributed by atoms with Crippen molar-refractivity contribution in [2.75, 3.05) is 20.3 Å². The lowest BCUT2D eigenvalue weighted by molar-refractivity contribution is 0.0550. The molecule has 0 saturated heterocycles. The second-order valence-corrected chi connectivity index (χ2v) is 4.34. The highest BCUT2D eigenvalue weighted by atomic mass is 16.5. The predicted molar refractivity (Wildman–Crippen MR) is 65.4 cm³/mol. The first-order valence-electron chi connectivity index (χ1n) is 5.57. The number of benzene rings is 1. The Bertz CT molecular complexity index is 300. The van der Waals surface area contributed by atoms with Crippen LogP contribution in [0.3, 0.4) is 0 Å². The van der Waals surface area contributed by atoms with Crippen molar-refractivity contribution in [2.24, 2.45) is 0 Å². The van der Waals surface area contributed by atoms with Gasteiger partial charge in [-0.15, -0.1) is 0 Å². The van der Waals surface area contributed by atoms with E-state index in [1.807, 2.05) is 30.3 Å². The van der Waals surface area contributed by atoms with Gasteiger partial charge in [0.1, 0.15) is 0 Å². The van der Waals surface area contributed by atoms with Crippen molar-refractivity contribution in [3.8, 4) is 0 Å². The molecule has 0 spiro atoms. The Morgan fingerprint density at radius 2 is 1.94 bits per heavy atom. The van der Waals surface area contributed by atoms with E-state index in [4.69, 9.17) is 4.74 Å². The number of hydrogen-bond donors (Lipinski definition) is 2. The number of methoxy groups -OCH3 is 1. The monoisotopic (exact) mass is 223 g/mol. The smallest absolute Gasteiger partial charge is 0.0907 e. The number of ether oxygens (including phenoxy) is 1. The number of aliphatic hydroxyl groups is 1. The number of rotatable bonds is 6. The van der Waals surface area contributed by atoms with E-state index in [-0.39, 0.29) is 12.6 Å². The highest BCUT2D eigenvalue weighted by Crippen LogP contribution is 2.21. The quantitative estimate of drug-likeness (QED) is 0.768. The van der Waals surface area contributed by atoms with Gasteiger partial charge in [0.05, 0.1) is 18.8 Å². The first kappa shape index (κ1) is 13.2. The van der Waals surface area contributed by atoms with Gasteiger partial charge in [0.25, 0.3) is 0 Å². The van der Waals surface area contributed by atoms with Crippen LogP contribution < -0.4 is 5.32 Å². The molecule has 0 saturated carbocycles. The standard InChI is InChI=1S/C13H21NO2/c1-11(2)14-13(9-15,10-16-3)12-7-5-4-6-8-12/h4-8,11,14-15H,9-10H2,1-3H3. The molecule has 0 aromatic heterocycles. The lowest BCUT2D eigenvalue weighted by Crippen LogP contribution is -2.52. The molecular formula is C13H21NO2. The fourth-order valence-electron chi connectivity index (χ4n) is 1.95. The summed E-state index contributed by atoms with van der Waals surface area (Å²) >= 11 is 0.